The SMILES string of the molecule is O=C(CC1CC1)N1Cc2ccnn2[C@@H](C(=O)N2CCOCC2)C1. The number of nitrogens with zero attached hydrogens (tertiary/aromatic N) is 4. The van der Waals surface area contributed by atoms with E-state index in [9.17, 15) is 9.59 Å². The van der Waals surface area contributed by atoms with Gasteiger partial charge in [-0.1, -0.05) is 0 Å². The minimum absolute atomic E-state index is 0.0437. The molecular formula is C16H22N4O3. The highest BCUT2D eigenvalue weighted by Gasteiger charge is 2.37. The van der Waals surface area contributed by atoms with Gasteiger partial charge in [-0.25, -0.2) is 0 Å². The highest BCUT2D eigenvalue weighted by atomic mass is 16.5. The lowest BCUT2D eigenvalue weighted by Gasteiger charge is -2.37. The van der Waals surface area contributed by atoms with Crippen LogP contribution in [0, 0.1) is 5.92 Å². The van der Waals surface area contributed by atoms with Crippen LogP contribution in [0.2, 0.25) is 0 Å². The first-order valence-corrected chi connectivity index (χ1v) is 8.39. The molecule has 0 aromatic carbocycles. The first kappa shape index (κ1) is 14.7. The fraction of sp³-hybridized carbons (Fsp3) is 0.688. The Morgan fingerprint density at radius 2 is 2.00 bits per heavy atom. The molecule has 124 valence electrons. The molecule has 3 aliphatic rings. The summed E-state index contributed by atoms with van der Waals surface area (Å²) >= 11 is 0. The summed E-state index contributed by atoms with van der Waals surface area (Å²) in [6.45, 7) is 3.36. The maximum absolute atomic E-state index is 12.9. The van der Waals surface area contributed by atoms with E-state index in [0.717, 1.165) is 18.5 Å². The summed E-state index contributed by atoms with van der Waals surface area (Å²) < 4.78 is 7.11. The molecule has 1 saturated heterocycles. The lowest BCUT2D eigenvalue weighted by atomic mass is 10.1. The fourth-order valence-corrected chi connectivity index (χ4v) is 3.36. The molecule has 4 rings (SSSR count). The molecular weight excluding hydrogens is 296 g/mol. The van der Waals surface area contributed by atoms with E-state index in [4.69, 9.17) is 4.74 Å². The van der Waals surface area contributed by atoms with E-state index in [0.29, 0.717) is 51.7 Å². The topological polar surface area (TPSA) is 67.7 Å². The predicted octanol–water partition coefficient (Wildman–Crippen LogP) is 0.425. The Hall–Kier alpha value is -1.89. The number of amides is 2. The molecule has 3 heterocycles. The van der Waals surface area contributed by atoms with Crippen molar-refractivity contribution in [1.82, 2.24) is 19.6 Å². The van der Waals surface area contributed by atoms with Crippen molar-refractivity contribution < 1.29 is 14.3 Å². The zero-order chi connectivity index (χ0) is 15.8. The van der Waals surface area contributed by atoms with E-state index in [-0.39, 0.29) is 11.8 Å². The summed E-state index contributed by atoms with van der Waals surface area (Å²) in [5.41, 5.74) is 0.937. The van der Waals surface area contributed by atoms with Crippen LogP contribution in [0.1, 0.15) is 31.0 Å². The standard InChI is InChI=1S/C16H22N4O3/c21-15(9-12-1-2-12)19-10-13-3-4-17-20(13)14(11-19)16(22)18-5-7-23-8-6-18/h3-4,12,14H,1-2,5-11H2/t14-/m1/s1. The Morgan fingerprint density at radius 1 is 1.22 bits per heavy atom. The van der Waals surface area contributed by atoms with Gasteiger partial charge in [0.05, 0.1) is 32.0 Å². The number of morpholine rings is 1. The molecule has 0 bridgehead atoms. The summed E-state index contributed by atoms with van der Waals surface area (Å²) in [6, 6.07) is 1.49. The molecule has 2 fully saturated rings. The Kier molecular flexibility index (Phi) is 3.80. The molecule has 0 radical (unpaired) electrons. The third-order valence-electron chi connectivity index (χ3n) is 4.91. The van der Waals surface area contributed by atoms with E-state index in [1.165, 1.54) is 0 Å². The molecule has 7 heteroatoms. The Balaban J connectivity index is 1.52. The van der Waals surface area contributed by atoms with Gasteiger partial charge in [0.1, 0.15) is 6.04 Å². The van der Waals surface area contributed by atoms with Crippen molar-refractivity contribution in [2.75, 3.05) is 32.8 Å². The van der Waals surface area contributed by atoms with Crippen LogP contribution >= 0.6 is 0 Å². The molecule has 2 amide bonds. The minimum atomic E-state index is -0.407. The Morgan fingerprint density at radius 3 is 2.74 bits per heavy atom. The molecule has 0 unspecified atom stereocenters. The van der Waals surface area contributed by atoms with E-state index < -0.39 is 6.04 Å². The third-order valence-corrected chi connectivity index (χ3v) is 4.91. The first-order chi connectivity index (χ1) is 11.2. The fourth-order valence-electron chi connectivity index (χ4n) is 3.36. The van der Waals surface area contributed by atoms with Crippen LogP contribution in [-0.4, -0.2) is 64.2 Å². The summed E-state index contributed by atoms with van der Waals surface area (Å²) in [5.74, 6) is 0.768. The molecule has 2 aliphatic heterocycles. The molecule has 7 nitrogen and oxygen atoms in total. The number of hydrogen-bond donors (Lipinski definition) is 0. The molecule has 1 saturated carbocycles. The van der Waals surface area contributed by atoms with Crippen molar-refractivity contribution in [3.63, 3.8) is 0 Å². The lowest BCUT2D eigenvalue weighted by molar-refractivity contribution is -0.143. The summed E-state index contributed by atoms with van der Waals surface area (Å²) in [4.78, 5) is 29.0. The number of carbonyl (C=O) groups is 2. The highest BCUT2D eigenvalue weighted by molar-refractivity contribution is 5.83. The maximum atomic E-state index is 12.9. The largest absolute Gasteiger partial charge is 0.378 e. The minimum Gasteiger partial charge on any atom is -0.378 e. The normalized spacial score (nSPS) is 24.4. The van der Waals surface area contributed by atoms with Gasteiger partial charge in [0.15, 0.2) is 0 Å². The van der Waals surface area contributed by atoms with Crippen molar-refractivity contribution >= 4 is 11.8 Å². The molecule has 0 spiro atoms. The smallest absolute Gasteiger partial charge is 0.249 e. The third kappa shape index (κ3) is 2.97. The van der Waals surface area contributed by atoms with Crippen molar-refractivity contribution in [3.05, 3.63) is 18.0 Å². The van der Waals surface area contributed by atoms with Crippen LogP contribution in [-0.2, 0) is 20.9 Å². The van der Waals surface area contributed by atoms with Gasteiger partial charge in [-0.15, -0.1) is 0 Å². The van der Waals surface area contributed by atoms with Crippen LogP contribution in [0.15, 0.2) is 12.3 Å². The summed E-state index contributed by atoms with van der Waals surface area (Å²) in [7, 11) is 0. The van der Waals surface area contributed by atoms with Crippen molar-refractivity contribution in [2.45, 2.75) is 31.8 Å². The van der Waals surface area contributed by atoms with E-state index in [2.05, 4.69) is 5.10 Å². The average Bonchev–Trinajstić information content (AvgIpc) is 3.27. The van der Waals surface area contributed by atoms with Gasteiger partial charge in [-0.2, -0.15) is 5.10 Å². The van der Waals surface area contributed by atoms with E-state index in [1.807, 2.05) is 15.9 Å². The van der Waals surface area contributed by atoms with Gasteiger partial charge >= 0.3 is 0 Å². The Labute approximate surface area is 135 Å². The predicted molar refractivity (Wildman–Crippen MR) is 81.4 cm³/mol. The van der Waals surface area contributed by atoms with Gasteiger partial charge in [0.25, 0.3) is 0 Å². The van der Waals surface area contributed by atoms with Crippen LogP contribution in [0.4, 0.5) is 0 Å². The number of ether oxygens (including phenoxy) is 1. The van der Waals surface area contributed by atoms with Crippen LogP contribution in [0.25, 0.3) is 0 Å². The number of fused-ring (bicyclic) bond motifs is 1. The number of carbonyl (C=O) groups excluding carboxylic acids is 2. The molecule has 1 aromatic rings. The second-order valence-electron chi connectivity index (χ2n) is 6.64. The summed E-state index contributed by atoms with van der Waals surface area (Å²) in [6.07, 6.45) is 4.65. The van der Waals surface area contributed by atoms with Crippen molar-refractivity contribution in [1.29, 1.82) is 0 Å². The van der Waals surface area contributed by atoms with Crippen LogP contribution < -0.4 is 0 Å². The zero-order valence-corrected chi connectivity index (χ0v) is 13.2. The monoisotopic (exact) mass is 318 g/mol. The second-order valence-corrected chi connectivity index (χ2v) is 6.64. The quantitative estimate of drug-likeness (QED) is 0.810. The van der Waals surface area contributed by atoms with Gasteiger partial charge in [0, 0.05) is 25.7 Å². The molecule has 1 aromatic heterocycles. The molecule has 23 heavy (non-hydrogen) atoms. The van der Waals surface area contributed by atoms with E-state index in [1.54, 1.807) is 10.9 Å². The molecule has 1 atom stereocenters. The highest BCUT2D eigenvalue weighted by Crippen LogP contribution is 2.34. The summed E-state index contributed by atoms with van der Waals surface area (Å²) in [5, 5.41) is 4.32. The van der Waals surface area contributed by atoms with E-state index >= 15 is 0 Å². The first-order valence-electron chi connectivity index (χ1n) is 8.39. The van der Waals surface area contributed by atoms with Crippen LogP contribution in [0.5, 0.6) is 0 Å². The average molecular weight is 318 g/mol. The molecule has 1 aliphatic carbocycles. The molecule has 0 N–H and O–H groups in total. The Bertz CT molecular complexity index is 604. The van der Waals surface area contributed by atoms with Gasteiger partial charge in [0.2, 0.25) is 11.8 Å². The zero-order valence-electron chi connectivity index (χ0n) is 13.2. The van der Waals surface area contributed by atoms with Gasteiger partial charge in [-0.3, -0.25) is 14.3 Å². The number of rotatable bonds is 3. The van der Waals surface area contributed by atoms with Gasteiger partial charge in [-0.05, 0) is 24.8 Å². The number of aromatic nitrogens is 2. The van der Waals surface area contributed by atoms with Gasteiger partial charge < -0.3 is 14.5 Å². The van der Waals surface area contributed by atoms with Crippen molar-refractivity contribution in [2.24, 2.45) is 5.92 Å². The lowest BCUT2D eigenvalue weighted by Crippen LogP contribution is -2.50. The second kappa shape index (κ2) is 5.96. The number of hydrogen-bond acceptors (Lipinski definition) is 4. The van der Waals surface area contributed by atoms with Crippen molar-refractivity contribution in [3.8, 4) is 0 Å². The van der Waals surface area contributed by atoms with Crippen LogP contribution in [0.3, 0.4) is 0 Å². The maximum Gasteiger partial charge on any atom is 0.249 e.